The third kappa shape index (κ3) is 4.27. The van der Waals surface area contributed by atoms with Crippen molar-refractivity contribution in [1.29, 1.82) is 0 Å². The van der Waals surface area contributed by atoms with Gasteiger partial charge in [-0.25, -0.2) is 0 Å². The van der Waals surface area contributed by atoms with Crippen LogP contribution in [0.15, 0.2) is 30.3 Å². The molecule has 0 saturated carbocycles. The largest absolute Gasteiger partial charge is 0.339 e. The summed E-state index contributed by atoms with van der Waals surface area (Å²) in [6.45, 7) is 4.08. The van der Waals surface area contributed by atoms with Gasteiger partial charge in [-0.05, 0) is 37.7 Å². The average molecular weight is 380 g/mol. The molecule has 2 aliphatic rings. The molecule has 0 aromatic heterocycles. The Morgan fingerprint density at radius 3 is 2.50 bits per heavy atom. The van der Waals surface area contributed by atoms with Gasteiger partial charge in [0.25, 0.3) is 10.2 Å². The molecule has 144 valence electrons. The Hall–Kier alpha value is -1.44. The van der Waals surface area contributed by atoms with Crippen molar-refractivity contribution in [3.63, 3.8) is 0 Å². The van der Waals surface area contributed by atoms with Crippen LogP contribution in [0.4, 0.5) is 0 Å². The summed E-state index contributed by atoms with van der Waals surface area (Å²) in [5, 5.41) is 0. The van der Waals surface area contributed by atoms with Gasteiger partial charge in [0.2, 0.25) is 5.91 Å². The van der Waals surface area contributed by atoms with Crippen LogP contribution in [0.1, 0.15) is 44.6 Å². The van der Waals surface area contributed by atoms with Crippen molar-refractivity contribution in [3.05, 3.63) is 35.9 Å². The van der Waals surface area contributed by atoms with Crippen LogP contribution >= 0.6 is 0 Å². The minimum Gasteiger partial charge on any atom is -0.339 e. The molecule has 26 heavy (non-hydrogen) atoms. The summed E-state index contributed by atoms with van der Waals surface area (Å²) in [6.07, 6.45) is 4.86. The fourth-order valence-corrected chi connectivity index (χ4v) is 5.55. The van der Waals surface area contributed by atoms with Crippen LogP contribution in [0.25, 0.3) is 0 Å². The molecule has 3 rings (SSSR count). The van der Waals surface area contributed by atoms with E-state index in [-0.39, 0.29) is 18.5 Å². The summed E-state index contributed by atoms with van der Waals surface area (Å²) in [5.74, 6) is -0.0540. The molecule has 6 nitrogen and oxygen atoms in total. The van der Waals surface area contributed by atoms with Gasteiger partial charge in [0.05, 0.1) is 6.54 Å². The van der Waals surface area contributed by atoms with Gasteiger partial charge in [0.1, 0.15) is 0 Å². The van der Waals surface area contributed by atoms with Gasteiger partial charge in [0, 0.05) is 32.2 Å². The second kappa shape index (κ2) is 8.50. The number of nitrogens with zero attached hydrogens (tertiary/aromatic N) is 3. The van der Waals surface area contributed by atoms with Gasteiger partial charge in [-0.15, -0.1) is 0 Å². The molecular weight excluding hydrogens is 350 g/mol. The van der Waals surface area contributed by atoms with Crippen molar-refractivity contribution in [1.82, 2.24) is 13.5 Å². The van der Waals surface area contributed by atoms with E-state index in [2.05, 4.69) is 6.92 Å². The van der Waals surface area contributed by atoms with Crippen LogP contribution < -0.4 is 0 Å². The standard InChI is InChI=1S/C19H29N3O3S/c1-2-18-11-6-7-14-22(18)19(23)16-21-13-8-12-20(26(21,24)25)15-17-9-4-3-5-10-17/h3-5,9-10,18H,2,6-8,11-16H2,1H3. The number of amides is 1. The molecule has 2 fully saturated rings. The van der Waals surface area contributed by atoms with Crippen LogP contribution in [0.2, 0.25) is 0 Å². The van der Waals surface area contributed by atoms with Gasteiger partial charge < -0.3 is 4.90 Å². The first-order chi connectivity index (χ1) is 12.5. The zero-order valence-corrected chi connectivity index (χ0v) is 16.3. The van der Waals surface area contributed by atoms with E-state index in [1.54, 1.807) is 0 Å². The van der Waals surface area contributed by atoms with Gasteiger partial charge >= 0.3 is 0 Å². The number of hydrogen-bond acceptors (Lipinski definition) is 3. The lowest BCUT2D eigenvalue weighted by molar-refractivity contribution is -0.135. The number of carbonyl (C=O) groups is 1. The Balaban J connectivity index is 1.68. The Morgan fingerprint density at radius 2 is 1.77 bits per heavy atom. The highest BCUT2D eigenvalue weighted by molar-refractivity contribution is 7.86. The highest BCUT2D eigenvalue weighted by Gasteiger charge is 2.36. The van der Waals surface area contributed by atoms with Crippen molar-refractivity contribution < 1.29 is 13.2 Å². The molecule has 1 aromatic rings. The summed E-state index contributed by atoms with van der Waals surface area (Å²) < 4.78 is 28.8. The van der Waals surface area contributed by atoms with Gasteiger partial charge in [0.15, 0.2) is 0 Å². The molecule has 0 radical (unpaired) electrons. The minimum absolute atomic E-state index is 0.0376. The van der Waals surface area contributed by atoms with Crippen LogP contribution in [-0.2, 0) is 21.5 Å². The molecule has 2 aliphatic heterocycles. The highest BCUT2D eigenvalue weighted by atomic mass is 32.2. The van der Waals surface area contributed by atoms with Crippen molar-refractivity contribution >= 4 is 16.1 Å². The predicted octanol–water partition coefficient (Wildman–Crippen LogP) is 2.23. The van der Waals surface area contributed by atoms with Crippen LogP contribution in [0, 0.1) is 0 Å². The Bertz CT molecular complexity index is 708. The SMILES string of the molecule is CCC1CCCCN1C(=O)CN1CCCN(Cc2ccccc2)S1(=O)=O. The molecule has 2 heterocycles. The van der Waals surface area contributed by atoms with Crippen molar-refractivity contribution in [2.24, 2.45) is 0 Å². The first kappa shape index (κ1) is 19.3. The lowest BCUT2D eigenvalue weighted by Crippen LogP contribution is -2.54. The van der Waals surface area contributed by atoms with E-state index in [1.165, 1.54) is 8.61 Å². The number of carbonyl (C=O) groups excluding carboxylic acids is 1. The molecule has 0 spiro atoms. The number of likely N-dealkylation sites (tertiary alicyclic amines) is 1. The fourth-order valence-electron chi connectivity index (χ4n) is 3.92. The normalized spacial score (nSPS) is 24.5. The Kier molecular flexibility index (Phi) is 6.32. The molecule has 0 N–H and O–H groups in total. The van der Waals surface area contributed by atoms with Gasteiger partial charge in [-0.2, -0.15) is 17.0 Å². The summed E-state index contributed by atoms with van der Waals surface area (Å²) in [5.41, 5.74) is 0.964. The van der Waals surface area contributed by atoms with Crippen LogP contribution in [0.5, 0.6) is 0 Å². The van der Waals surface area contributed by atoms with E-state index in [0.717, 1.165) is 44.2 Å². The van der Waals surface area contributed by atoms with E-state index in [1.807, 2.05) is 35.2 Å². The van der Waals surface area contributed by atoms with E-state index in [4.69, 9.17) is 0 Å². The lowest BCUT2D eigenvalue weighted by atomic mass is 10.00. The van der Waals surface area contributed by atoms with E-state index < -0.39 is 10.2 Å². The van der Waals surface area contributed by atoms with E-state index >= 15 is 0 Å². The van der Waals surface area contributed by atoms with Crippen molar-refractivity contribution in [3.8, 4) is 0 Å². The van der Waals surface area contributed by atoms with Crippen LogP contribution in [-0.4, -0.2) is 60.1 Å². The van der Waals surface area contributed by atoms with E-state index in [0.29, 0.717) is 19.6 Å². The summed E-state index contributed by atoms with van der Waals surface area (Å²) in [4.78, 5) is 14.7. The second-order valence-electron chi connectivity index (χ2n) is 7.16. The molecule has 0 bridgehead atoms. The first-order valence-corrected chi connectivity index (χ1v) is 11.0. The quantitative estimate of drug-likeness (QED) is 0.788. The first-order valence-electron chi connectivity index (χ1n) is 9.61. The van der Waals surface area contributed by atoms with Gasteiger partial charge in [-0.1, -0.05) is 37.3 Å². The fraction of sp³-hybridized carbons (Fsp3) is 0.632. The molecule has 1 amide bonds. The number of piperidine rings is 1. The smallest absolute Gasteiger partial charge is 0.282 e. The molecular formula is C19H29N3O3S. The van der Waals surface area contributed by atoms with Crippen LogP contribution in [0.3, 0.4) is 0 Å². The zero-order valence-electron chi connectivity index (χ0n) is 15.5. The monoisotopic (exact) mass is 379 g/mol. The Morgan fingerprint density at radius 1 is 1.04 bits per heavy atom. The molecule has 1 aromatic carbocycles. The second-order valence-corrected chi connectivity index (χ2v) is 9.09. The molecule has 0 aliphatic carbocycles. The van der Waals surface area contributed by atoms with Crippen molar-refractivity contribution in [2.75, 3.05) is 26.2 Å². The maximum Gasteiger partial charge on any atom is 0.282 e. The topological polar surface area (TPSA) is 60.9 Å². The van der Waals surface area contributed by atoms with E-state index in [9.17, 15) is 13.2 Å². The Labute approximate surface area is 157 Å². The molecule has 1 unspecified atom stereocenters. The maximum absolute atomic E-state index is 13.0. The van der Waals surface area contributed by atoms with Gasteiger partial charge in [-0.3, -0.25) is 4.79 Å². The lowest BCUT2D eigenvalue weighted by Gasteiger charge is -2.38. The minimum atomic E-state index is -3.60. The van der Waals surface area contributed by atoms with Crippen molar-refractivity contribution in [2.45, 2.75) is 51.6 Å². The highest BCUT2D eigenvalue weighted by Crippen LogP contribution is 2.22. The number of hydrogen-bond donors (Lipinski definition) is 0. The summed E-state index contributed by atoms with van der Waals surface area (Å²) >= 11 is 0. The zero-order chi connectivity index (χ0) is 18.6. The summed E-state index contributed by atoms with van der Waals surface area (Å²) in [7, 11) is -3.60. The summed E-state index contributed by atoms with van der Waals surface area (Å²) in [6, 6.07) is 9.85. The third-order valence-corrected chi connectivity index (χ3v) is 7.33. The molecule has 1 atom stereocenters. The predicted molar refractivity (Wildman–Crippen MR) is 102 cm³/mol. The maximum atomic E-state index is 13.0. The third-order valence-electron chi connectivity index (χ3n) is 5.40. The number of benzene rings is 1. The number of rotatable bonds is 5. The molecule has 7 heteroatoms. The average Bonchev–Trinajstić information content (AvgIpc) is 2.66. The molecule has 2 saturated heterocycles.